The van der Waals surface area contributed by atoms with E-state index in [0.717, 1.165) is 37.2 Å². The van der Waals surface area contributed by atoms with Crippen molar-refractivity contribution in [2.24, 2.45) is 0 Å². The normalized spacial score (nSPS) is 17.5. The van der Waals surface area contributed by atoms with Gasteiger partial charge in [-0.3, -0.25) is 19.8 Å². The topological polar surface area (TPSA) is 135 Å². The highest BCUT2D eigenvalue weighted by atomic mass is 16.4. The Morgan fingerprint density at radius 1 is 1.05 bits per heavy atom. The highest BCUT2D eigenvalue weighted by molar-refractivity contribution is 6.14. The Morgan fingerprint density at radius 3 is 2.72 bits per heavy atom. The number of anilines is 2. The molecule has 11 heteroatoms. The Hall–Kier alpha value is -5.03. The number of nitrogen functional groups attached to an aromatic ring is 1. The number of hydrogen-bond acceptors (Lipinski definition) is 8. The van der Waals surface area contributed by atoms with E-state index in [0.29, 0.717) is 40.8 Å². The number of hydrogen-bond donors (Lipinski definition) is 2. The zero-order valence-electron chi connectivity index (χ0n) is 23.6. The summed E-state index contributed by atoms with van der Waals surface area (Å²) in [4.78, 5) is 43.7. The highest BCUT2D eigenvalue weighted by Gasteiger charge is 2.30. The highest BCUT2D eigenvalue weighted by Crippen LogP contribution is 2.32. The minimum Gasteiger partial charge on any atom is -0.423 e. The molecule has 5 heterocycles. The van der Waals surface area contributed by atoms with Gasteiger partial charge in [0, 0.05) is 31.9 Å². The minimum atomic E-state index is -0.434. The van der Waals surface area contributed by atoms with E-state index < -0.39 is 5.91 Å². The molecule has 0 spiro atoms. The number of carbonyl (C=O) groups is 2. The Morgan fingerprint density at radius 2 is 1.88 bits per heavy atom. The quantitative estimate of drug-likeness (QED) is 0.271. The van der Waals surface area contributed by atoms with Gasteiger partial charge in [-0.1, -0.05) is 42.5 Å². The van der Waals surface area contributed by atoms with E-state index in [1.165, 1.54) is 19.2 Å². The smallest absolute Gasteiger partial charge is 0.302 e. The number of fused-ring (bicyclic) bond motifs is 2. The molecule has 1 atom stereocenters. The van der Waals surface area contributed by atoms with Gasteiger partial charge >= 0.3 is 6.01 Å². The lowest BCUT2D eigenvalue weighted by molar-refractivity contribution is -0.125. The third kappa shape index (κ3) is 5.35. The van der Waals surface area contributed by atoms with E-state index in [1.54, 1.807) is 12.3 Å². The second-order valence-corrected chi connectivity index (χ2v) is 11.1. The molecule has 0 radical (unpaired) electrons. The van der Waals surface area contributed by atoms with Crippen molar-refractivity contribution in [1.29, 1.82) is 0 Å². The second kappa shape index (κ2) is 11.3. The van der Waals surface area contributed by atoms with Gasteiger partial charge in [0.15, 0.2) is 5.58 Å². The van der Waals surface area contributed by atoms with E-state index in [4.69, 9.17) is 10.2 Å². The number of aromatic nitrogens is 4. The number of oxazole rings is 1. The summed E-state index contributed by atoms with van der Waals surface area (Å²) in [7, 11) is 0. The fourth-order valence-corrected chi connectivity index (χ4v) is 6.06. The van der Waals surface area contributed by atoms with Crippen LogP contribution < -0.4 is 11.1 Å². The monoisotopic (exact) mass is 576 g/mol. The Balaban J connectivity index is 1.10. The average molecular weight is 577 g/mol. The number of carbonyl (C=O) groups excluding carboxylic acids is 2. The van der Waals surface area contributed by atoms with Gasteiger partial charge in [0.2, 0.25) is 5.91 Å². The van der Waals surface area contributed by atoms with Crippen LogP contribution in [0.25, 0.3) is 33.3 Å². The van der Waals surface area contributed by atoms with Gasteiger partial charge < -0.3 is 19.6 Å². The van der Waals surface area contributed by atoms with Crippen LogP contribution in [0, 0.1) is 0 Å². The van der Waals surface area contributed by atoms with Crippen molar-refractivity contribution >= 4 is 45.8 Å². The first kappa shape index (κ1) is 26.8. The molecule has 2 fully saturated rings. The van der Waals surface area contributed by atoms with Crippen LogP contribution in [-0.2, 0) is 4.79 Å². The first-order valence-corrected chi connectivity index (χ1v) is 14.6. The molecule has 0 saturated carbocycles. The van der Waals surface area contributed by atoms with Crippen LogP contribution >= 0.6 is 0 Å². The fraction of sp³-hybridized carbons (Fsp3) is 0.281. The molecule has 3 aromatic heterocycles. The lowest BCUT2D eigenvalue weighted by Crippen LogP contribution is -2.28. The van der Waals surface area contributed by atoms with Crippen molar-refractivity contribution in [2.75, 3.05) is 43.8 Å². The summed E-state index contributed by atoms with van der Waals surface area (Å²) in [6.45, 7) is 4.11. The van der Waals surface area contributed by atoms with Gasteiger partial charge in [-0.15, -0.1) is 0 Å². The van der Waals surface area contributed by atoms with E-state index in [9.17, 15) is 9.59 Å². The number of rotatable bonds is 7. The number of nitrogens with two attached hydrogens (primary N) is 1. The predicted molar refractivity (Wildman–Crippen MR) is 164 cm³/mol. The molecular weight excluding hydrogens is 544 g/mol. The van der Waals surface area contributed by atoms with E-state index >= 15 is 0 Å². The van der Waals surface area contributed by atoms with Crippen molar-refractivity contribution in [2.45, 2.75) is 25.3 Å². The van der Waals surface area contributed by atoms with Crippen LogP contribution in [0.3, 0.4) is 0 Å². The fourth-order valence-electron chi connectivity index (χ4n) is 6.06. The maximum absolute atomic E-state index is 13.6. The second-order valence-electron chi connectivity index (χ2n) is 11.1. The first-order chi connectivity index (χ1) is 21.0. The number of amides is 2. The van der Waals surface area contributed by atoms with Crippen LogP contribution in [0.5, 0.6) is 0 Å². The zero-order valence-corrected chi connectivity index (χ0v) is 23.6. The Labute approximate surface area is 248 Å². The van der Waals surface area contributed by atoms with E-state index in [2.05, 4.69) is 25.2 Å². The SMILES string of the molecule is Nc1ncnc2c1c(C(=O)Nc1nc3cc(-c4ccccc4)ccc3o1)cn2C1CCN(C(=O)/C=C/CN2CCCC2)C1. The zero-order chi connectivity index (χ0) is 29.3. The molecule has 2 aliphatic rings. The molecule has 5 aromatic rings. The minimum absolute atomic E-state index is 0.00311. The number of benzene rings is 2. The lowest BCUT2D eigenvalue weighted by Gasteiger charge is -2.16. The molecule has 1 unspecified atom stereocenters. The van der Waals surface area contributed by atoms with Gasteiger partial charge in [-0.2, -0.15) is 4.98 Å². The van der Waals surface area contributed by atoms with Crippen molar-refractivity contribution in [1.82, 2.24) is 29.3 Å². The van der Waals surface area contributed by atoms with Crippen LogP contribution in [0.1, 0.15) is 35.7 Å². The van der Waals surface area contributed by atoms with Crippen molar-refractivity contribution < 1.29 is 14.0 Å². The number of nitrogens with zero attached hydrogens (tertiary/aromatic N) is 6. The Kier molecular flexibility index (Phi) is 7.07. The number of likely N-dealkylation sites (tertiary alicyclic amines) is 2. The predicted octanol–water partition coefficient (Wildman–Crippen LogP) is 4.50. The Bertz CT molecular complexity index is 1840. The summed E-state index contributed by atoms with van der Waals surface area (Å²) in [6, 6.07) is 15.7. The average Bonchev–Trinajstić information content (AvgIpc) is 3.83. The van der Waals surface area contributed by atoms with Crippen molar-refractivity contribution in [3.8, 4) is 11.1 Å². The summed E-state index contributed by atoms with van der Waals surface area (Å²) in [5.74, 6) is -0.234. The molecule has 2 aliphatic heterocycles. The van der Waals surface area contributed by atoms with Crippen LogP contribution in [0.4, 0.5) is 11.8 Å². The first-order valence-electron chi connectivity index (χ1n) is 14.6. The molecule has 218 valence electrons. The summed E-state index contributed by atoms with van der Waals surface area (Å²) in [6.07, 6.45) is 9.93. The van der Waals surface area contributed by atoms with Gasteiger partial charge in [0.05, 0.1) is 17.0 Å². The lowest BCUT2D eigenvalue weighted by atomic mass is 10.1. The molecular formula is C32H32N8O3. The van der Waals surface area contributed by atoms with Crippen molar-refractivity contribution in [3.63, 3.8) is 0 Å². The number of nitrogens with one attached hydrogen (secondary N) is 1. The molecule has 0 bridgehead atoms. The summed E-state index contributed by atoms with van der Waals surface area (Å²) >= 11 is 0. The van der Waals surface area contributed by atoms with Gasteiger partial charge in [-0.25, -0.2) is 9.97 Å². The van der Waals surface area contributed by atoms with Gasteiger partial charge in [0.25, 0.3) is 5.91 Å². The molecule has 11 nitrogen and oxygen atoms in total. The maximum Gasteiger partial charge on any atom is 0.302 e. The van der Waals surface area contributed by atoms with Crippen LogP contribution in [0.15, 0.2) is 77.6 Å². The summed E-state index contributed by atoms with van der Waals surface area (Å²) < 4.78 is 7.77. The van der Waals surface area contributed by atoms with Crippen LogP contribution in [-0.4, -0.2) is 73.9 Å². The summed E-state index contributed by atoms with van der Waals surface area (Å²) in [5, 5.41) is 3.24. The molecule has 0 aliphatic carbocycles. The largest absolute Gasteiger partial charge is 0.423 e. The van der Waals surface area contributed by atoms with E-state index in [-0.39, 0.29) is 23.8 Å². The molecule has 7 rings (SSSR count). The van der Waals surface area contributed by atoms with Gasteiger partial charge in [-0.05, 0) is 55.6 Å². The maximum atomic E-state index is 13.6. The summed E-state index contributed by atoms with van der Waals surface area (Å²) in [5.41, 5.74) is 10.4. The van der Waals surface area contributed by atoms with E-state index in [1.807, 2.05) is 64.1 Å². The van der Waals surface area contributed by atoms with Crippen LogP contribution in [0.2, 0.25) is 0 Å². The van der Waals surface area contributed by atoms with Gasteiger partial charge in [0.1, 0.15) is 23.3 Å². The third-order valence-corrected chi connectivity index (χ3v) is 8.29. The third-order valence-electron chi connectivity index (χ3n) is 8.29. The molecule has 43 heavy (non-hydrogen) atoms. The molecule has 2 amide bonds. The molecule has 3 N–H and O–H groups in total. The molecule has 2 saturated heterocycles. The standard InChI is InChI=1S/C32H32N8O3/c33-29-28-24(31(42)37-32-36-25-17-22(10-11-26(25)43-32)21-7-2-1-3-8-21)19-40(30(28)35-20-34-29)23-12-16-39(18-23)27(41)9-6-15-38-13-4-5-14-38/h1-3,6-11,17,19-20,23H,4-5,12-16,18H2,(H2,33,34,35)(H,36,37,42)/b9-6+. The molecule has 2 aromatic carbocycles. The van der Waals surface area contributed by atoms with Crippen molar-refractivity contribution in [3.05, 3.63) is 78.8 Å².